The Morgan fingerprint density at radius 1 is 1.29 bits per heavy atom. The number of anilines is 1. The number of aromatic nitrogens is 4. The quantitative estimate of drug-likeness (QED) is 0.452. The van der Waals surface area contributed by atoms with Crippen LogP contribution < -0.4 is 16.6 Å². The molecule has 0 saturated carbocycles. The van der Waals surface area contributed by atoms with Crippen LogP contribution in [0.25, 0.3) is 11.2 Å². The molecule has 0 aromatic carbocycles. The van der Waals surface area contributed by atoms with E-state index < -0.39 is 5.69 Å². The highest BCUT2D eigenvalue weighted by Crippen LogP contribution is 2.12. The molecule has 2 rings (SSSR count). The lowest BCUT2D eigenvalue weighted by molar-refractivity contribution is 0.338. The summed E-state index contributed by atoms with van der Waals surface area (Å²) in [5.74, 6) is 0.469. The normalized spacial score (nSPS) is 10.9. The van der Waals surface area contributed by atoms with E-state index in [2.05, 4.69) is 35.1 Å². The van der Waals surface area contributed by atoms with Crippen molar-refractivity contribution in [2.24, 2.45) is 21.1 Å². The smallest absolute Gasteiger partial charge is 0.332 e. The summed E-state index contributed by atoms with van der Waals surface area (Å²) >= 11 is 8.53. The van der Waals surface area contributed by atoms with Crippen LogP contribution >= 0.6 is 24.8 Å². The fourth-order valence-corrected chi connectivity index (χ4v) is 2.15. The predicted octanol–water partition coefficient (Wildman–Crippen LogP) is -0.386. The van der Waals surface area contributed by atoms with E-state index in [1.165, 1.54) is 11.6 Å². The fraction of sp³-hybridized carbons (Fsp3) is 0.455. The van der Waals surface area contributed by atoms with Crippen LogP contribution in [0.1, 0.15) is 0 Å². The second kappa shape index (κ2) is 5.90. The summed E-state index contributed by atoms with van der Waals surface area (Å²) in [5.41, 5.74) is -0.115. The van der Waals surface area contributed by atoms with Gasteiger partial charge >= 0.3 is 5.69 Å². The van der Waals surface area contributed by atoms with Crippen molar-refractivity contribution < 1.29 is 4.74 Å². The van der Waals surface area contributed by atoms with Crippen LogP contribution in [-0.2, 0) is 25.9 Å². The third-order valence-electron chi connectivity index (χ3n) is 3.09. The van der Waals surface area contributed by atoms with Gasteiger partial charge in [-0.05, 0) is 12.2 Å². The summed E-state index contributed by atoms with van der Waals surface area (Å²) < 4.78 is 9.20. The number of nitrogens with zero attached hydrogens (tertiary/aromatic N) is 4. The van der Waals surface area contributed by atoms with Crippen LogP contribution in [0.4, 0.5) is 5.95 Å². The molecular formula is C11H15N5O3S2. The molecule has 0 radical (unpaired) electrons. The first-order valence-corrected chi connectivity index (χ1v) is 6.92. The number of hydrogen-bond donors (Lipinski definition) is 2. The molecule has 0 amide bonds. The Labute approximate surface area is 130 Å². The first kappa shape index (κ1) is 15.6. The molecule has 0 saturated heterocycles. The van der Waals surface area contributed by atoms with Crippen LogP contribution in [0.5, 0.6) is 0 Å². The van der Waals surface area contributed by atoms with Gasteiger partial charge in [-0.15, -0.1) is 0 Å². The molecule has 2 aromatic rings. The van der Waals surface area contributed by atoms with Gasteiger partial charge in [-0.3, -0.25) is 13.9 Å². The van der Waals surface area contributed by atoms with Crippen LogP contribution in [0.2, 0.25) is 0 Å². The molecule has 114 valence electrons. The van der Waals surface area contributed by atoms with Gasteiger partial charge in [0.2, 0.25) is 10.3 Å². The molecule has 0 bridgehead atoms. The van der Waals surface area contributed by atoms with Crippen LogP contribution in [0, 0.1) is 0 Å². The lowest BCUT2D eigenvalue weighted by Gasteiger charge is -2.06. The van der Waals surface area contributed by atoms with Gasteiger partial charge in [-0.1, -0.05) is 12.6 Å². The number of hydrogen-bond acceptors (Lipinski definition) is 6. The zero-order valence-electron chi connectivity index (χ0n) is 11.8. The summed E-state index contributed by atoms with van der Waals surface area (Å²) in [6.07, 6.45) is 0. The number of imidazole rings is 1. The van der Waals surface area contributed by atoms with Crippen molar-refractivity contribution in [3.63, 3.8) is 0 Å². The number of thiol groups is 1. The van der Waals surface area contributed by atoms with Crippen molar-refractivity contribution in [3.05, 3.63) is 20.8 Å². The number of nitrogens with one attached hydrogen (secondary N) is 1. The second-order valence-electron chi connectivity index (χ2n) is 4.41. The molecule has 2 aromatic heterocycles. The molecule has 0 aliphatic carbocycles. The van der Waals surface area contributed by atoms with Crippen molar-refractivity contribution in [3.8, 4) is 0 Å². The molecule has 2 heterocycles. The lowest BCUT2D eigenvalue weighted by Crippen LogP contribution is -2.37. The first-order chi connectivity index (χ1) is 9.84. The Balaban J connectivity index is 2.40. The maximum Gasteiger partial charge on any atom is 0.332 e. The van der Waals surface area contributed by atoms with E-state index in [9.17, 15) is 9.59 Å². The van der Waals surface area contributed by atoms with Crippen molar-refractivity contribution >= 4 is 46.3 Å². The van der Waals surface area contributed by atoms with Crippen molar-refractivity contribution in [1.29, 1.82) is 0 Å². The lowest BCUT2D eigenvalue weighted by atomic mass is 10.5. The largest absolute Gasteiger partial charge is 0.477 e. The minimum Gasteiger partial charge on any atom is -0.477 e. The van der Waals surface area contributed by atoms with Gasteiger partial charge in [0, 0.05) is 21.1 Å². The number of aryl methyl sites for hydroxylation is 2. The summed E-state index contributed by atoms with van der Waals surface area (Å²) in [6, 6.07) is 0. The highest BCUT2D eigenvalue weighted by Gasteiger charge is 2.16. The van der Waals surface area contributed by atoms with Crippen LogP contribution in [0.15, 0.2) is 9.59 Å². The van der Waals surface area contributed by atoms with E-state index in [0.29, 0.717) is 30.3 Å². The summed E-state index contributed by atoms with van der Waals surface area (Å²) in [4.78, 5) is 28.3. The van der Waals surface area contributed by atoms with Gasteiger partial charge in [-0.25, -0.2) is 4.79 Å². The molecule has 0 fully saturated rings. The van der Waals surface area contributed by atoms with E-state index in [4.69, 9.17) is 4.74 Å². The Kier molecular flexibility index (Phi) is 4.37. The third-order valence-corrected chi connectivity index (χ3v) is 3.33. The highest BCUT2D eigenvalue weighted by molar-refractivity contribution is 8.10. The molecule has 10 heteroatoms. The van der Waals surface area contributed by atoms with Gasteiger partial charge in [-0.2, -0.15) is 4.98 Å². The highest BCUT2D eigenvalue weighted by atomic mass is 32.1. The Hall–Kier alpha value is -1.81. The van der Waals surface area contributed by atoms with Gasteiger partial charge in [0.15, 0.2) is 11.2 Å². The Bertz CT molecular complexity index is 820. The fourth-order valence-electron chi connectivity index (χ4n) is 1.98. The van der Waals surface area contributed by atoms with E-state index in [1.807, 2.05) is 0 Å². The molecule has 1 N–H and O–H groups in total. The zero-order valence-corrected chi connectivity index (χ0v) is 13.5. The average Bonchev–Trinajstić information content (AvgIpc) is 2.76. The maximum absolute atomic E-state index is 12.2. The molecule has 0 unspecified atom stereocenters. The third kappa shape index (κ3) is 2.81. The van der Waals surface area contributed by atoms with Gasteiger partial charge in [0.25, 0.3) is 5.56 Å². The number of fused-ring (bicyclic) bond motifs is 1. The monoisotopic (exact) mass is 329 g/mol. The van der Waals surface area contributed by atoms with Crippen LogP contribution in [0.3, 0.4) is 0 Å². The second-order valence-corrected chi connectivity index (χ2v) is 5.49. The molecule has 0 spiro atoms. The van der Waals surface area contributed by atoms with Crippen molar-refractivity contribution in [2.75, 3.05) is 18.5 Å². The molecule has 0 aliphatic rings. The van der Waals surface area contributed by atoms with Crippen molar-refractivity contribution in [2.45, 2.75) is 0 Å². The minimum atomic E-state index is -0.416. The van der Waals surface area contributed by atoms with Gasteiger partial charge in [0.1, 0.15) is 6.61 Å². The standard InChI is InChI=1S/C11H15N5O3S2/c1-14-6-7(15(2)10(18)16(3)8(6)17)13-9(14)12-4-5-19-11(20)21/h4-5H2,1-3H3,(H,12,13)(H,20,21). The van der Waals surface area contributed by atoms with Gasteiger partial charge < -0.3 is 14.6 Å². The number of thiocarbonyl (C=S) groups is 1. The Morgan fingerprint density at radius 3 is 2.57 bits per heavy atom. The molecular weight excluding hydrogens is 314 g/mol. The molecule has 0 aliphatic heterocycles. The predicted molar refractivity (Wildman–Crippen MR) is 87.2 cm³/mol. The summed E-state index contributed by atoms with van der Waals surface area (Å²) in [5, 5.41) is 3.02. The zero-order chi connectivity index (χ0) is 15.7. The van der Waals surface area contributed by atoms with E-state index in [-0.39, 0.29) is 9.94 Å². The minimum absolute atomic E-state index is 0.165. The molecule has 8 nitrogen and oxygen atoms in total. The molecule has 0 atom stereocenters. The first-order valence-electron chi connectivity index (χ1n) is 6.06. The topological polar surface area (TPSA) is 83.1 Å². The maximum atomic E-state index is 12.2. The van der Waals surface area contributed by atoms with E-state index >= 15 is 0 Å². The molecule has 21 heavy (non-hydrogen) atoms. The Morgan fingerprint density at radius 2 is 1.95 bits per heavy atom. The van der Waals surface area contributed by atoms with Crippen molar-refractivity contribution in [1.82, 2.24) is 18.7 Å². The van der Waals surface area contributed by atoms with Gasteiger partial charge in [0.05, 0.1) is 6.54 Å². The van der Waals surface area contributed by atoms with E-state index in [1.54, 1.807) is 18.7 Å². The summed E-state index contributed by atoms with van der Waals surface area (Å²) in [6.45, 7) is 0.759. The van der Waals surface area contributed by atoms with Crippen LogP contribution in [-0.4, -0.2) is 36.2 Å². The summed E-state index contributed by atoms with van der Waals surface area (Å²) in [7, 11) is 4.71. The SMILES string of the molecule is Cn1c(=O)c2c(nc(NCCOC(=S)S)n2C)n(C)c1=O. The average molecular weight is 329 g/mol. The van der Waals surface area contributed by atoms with E-state index in [0.717, 1.165) is 4.57 Å². The number of rotatable bonds is 4. The number of ether oxygens (including phenoxy) is 1.